The highest BCUT2D eigenvalue weighted by molar-refractivity contribution is 7.89. The molecule has 0 radical (unpaired) electrons. The van der Waals surface area contributed by atoms with Crippen LogP contribution in [0, 0.1) is 0 Å². The first-order valence-corrected chi connectivity index (χ1v) is 13.6. The van der Waals surface area contributed by atoms with E-state index in [1.54, 1.807) is 36.7 Å². The van der Waals surface area contributed by atoms with Crippen molar-refractivity contribution in [1.29, 1.82) is 0 Å². The molecule has 1 aliphatic heterocycles. The molecular weight excluding hydrogens is 508 g/mol. The Hall–Kier alpha value is -4.03. The minimum atomic E-state index is -4.06. The summed E-state index contributed by atoms with van der Waals surface area (Å²) in [5.74, 6) is -1.21. The maximum absolute atomic E-state index is 12.7. The number of hydrogen-bond donors (Lipinski definition) is 3. The average Bonchev–Trinajstić information content (AvgIpc) is 2.91. The molecule has 1 saturated heterocycles. The molecule has 2 aromatic carbocycles. The summed E-state index contributed by atoms with van der Waals surface area (Å²) in [4.78, 5) is 37.5. The van der Waals surface area contributed by atoms with E-state index in [0.717, 1.165) is 18.8 Å². The van der Waals surface area contributed by atoms with Crippen LogP contribution in [0.1, 0.15) is 24.2 Å². The molecule has 3 aromatic rings. The first-order valence-electron chi connectivity index (χ1n) is 12.1. The molecule has 38 heavy (non-hydrogen) atoms. The SMILES string of the molecule is C[C@@H]1CN(c2ccc(C(=O)NC[C@H](NS(=O)(=O)c3ccccc3)C(=O)O)cc2)C[C@H](C)N1c1ncccn1. The summed E-state index contributed by atoms with van der Waals surface area (Å²) in [6.45, 7) is 5.31. The van der Waals surface area contributed by atoms with Gasteiger partial charge in [0.05, 0.1) is 4.90 Å². The maximum Gasteiger partial charge on any atom is 0.323 e. The summed E-state index contributed by atoms with van der Waals surface area (Å²) in [5, 5.41) is 12.0. The van der Waals surface area contributed by atoms with Gasteiger partial charge in [0.2, 0.25) is 16.0 Å². The van der Waals surface area contributed by atoms with Crippen molar-refractivity contribution < 1.29 is 23.1 Å². The predicted octanol–water partition coefficient (Wildman–Crippen LogP) is 1.74. The fraction of sp³-hybridized carbons (Fsp3) is 0.308. The Bertz CT molecular complexity index is 1340. The van der Waals surface area contributed by atoms with Gasteiger partial charge < -0.3 is 20.2 Å². The molecule has 0 bridgehead atoms. The van der Waals surface area contributed by atoms with Gasteiger partial charge in [-0.25, -0.2) is 18.4 Å². The van der Waals surface area contributed by atoms with Crippen molar-refractivity contribution in [3.8, 4) is 0 Å². The van der Waals surface area contributed by atoms with Crippen LogP contribution in [-0.2, 0) is 14.8 Å². The van der Waals surface area contributed by atoms with Gasteiger partial charge in [0.25, 0.3) is 5.91 Å². The molecular formula is C26H30N6O5S. The van der Waals surface area contributed by atoms with Gasteiger partial charge in [-0.1, -0.05) is 18.2 Å². The predicted molar refractivity (Wildman–Crippen MR) is 143 cm³/mol. The van der Waals surface area contributed by atoms with Crippen molar-refractivity contribution in [3.05, 3.63) is 78.6 Å². The molecule has 2 heterocycles. The summed E-state index contributed by atoms with van der Waals surface area (Å²) < 4.78 is 27.1. The van der Waals surface area contributed by atoms with Crippen molar-refractivity contribution in [2.75, 3.05) is 29.4 Å². The van der Waals surface area contributed by atoms with E-state index in [4.69, 9.17) is 0 Å². The Balaban J connectivity index is 1.36. The van der Waals surface area contributed by atoms with E-state index in [1.807, 2.05) is 12.1 Å². The Morgan fingerprint density at radius 3 is 2.16 bits per heavy atom. The maximum atomic E-state index is 12.7. The second kappa shape index (κ2) is 11.6. The number of amides is 1. The number of carboxylic acid groups (broad SMARTS) is 1. The third-order valence-electron chi connectivity index (χ3n) is 6.31. The van der Waals surface area contributed by atoms with Crippen LogP contribution in [0.4, 0.5) is 11.6 Å². The average molecular weight is 539 g/mol. The number of nitrogens with one attached hydrogen (secondary N) is 2. The van der Waals surface area contributed by atoms with Crippen LogP contribution in [-0.4, -0.2) is 73.1 Å². The van der Waals surface area contributed by atoms with E-state index in [0.29, 0.717) is 11.5 Å². The molecule has 11 nitrogen and oxygen atoms in total. The molecule has 3 N–H and O–H groups in total. The number of aromatic nitrogens is 2. The molecule has 0 spiro atoms. The summed E-state index contributed by atoms with van der Waals surface area (Å²) in [6, 6.07) is 15.0. The van der Waals surface area contributed by atoms with Crippen LogP contribution in [0.25, 0.3) is 0 Å². The molecule has 3 atom stereocenters. The number of hydrogen-bond acceptors (Lipinski definition) is 8. The van der Waals surface area contributed by atoms with Crippen LogP contribution in [0.3, 0.4) is 0 Å². The third-order valence-corrected chi connectivity index (χ3v) is 7.80. The van der Waals surface area contributed by atoms with Gasteiger partial charge in [-0.15, -0.1) is 0 Å². The van der Waals surface area contributed by atoms with Gasteiger partial charge in [-0.3, -0.25) is 9.59 Å². The minimum absolute atomic E-state index is 0.0612. The minimum Gasteiger partial charge on any atom is -0.480 e. The lowest BCUT2D eigenvalue weighted by Gasteiger charge is -2.45. The number of carbonyl (C=O) groups is 2. The highest BCUT2D eigenvalue weighted by atomic mass is 32.2. The number of benzene rings is 2. The topological polar surface area (TPSA) is 145 Å². The van der Waals surface area contributed by atoms with Crippen LogP contribution in [0.2, 0.25) is 0 Å². The monoisotopic (exact) mass is 538 g/mol. The lowest BCUT2D eigenvalue weighted by Crippen LogP contribution is -2.57. The van der Waals surface area contributed by atoms with Crippen molar-refractivity contribution >= 4 is 33.5 Å². The molecule has 0 aliphatic carbocycles. The number of sulfonamides is 1. The van der Waals surface area contributed by atoms with Crippen molar-refractivity contribution in [1.82, 2.24) is 20.0 Å². The Labute approximate surface area is 221 Å². The number of nitrogens with zero attached hydrogens (tertiary/aromatic N) is 4. The van der Waals surface area contributed by atoms with E-state index in [9.17, 15) is 23.1 Å². The first-order chi connectivity index (χ1) is 18.2. The molecule has 1 fully saturated rings. The highest BCUT2D eigenvalue weighted by Gasteiger charge is 2.31. The zero-order valence-electron chi connectivity index (χ0n) is 21.1. The normalized spacial score (nSPS) is 18.6. The summed E-state index contributed by atoms with van der Waals surface area (Å²) >= 11 is 0. The molecule has 1 amide bonds. The van der Waals surface area contributed by atoms with Crippen molar-refractivity contribution in [2.24, 2.45) is 0 Å². The Morgan fingerprint density at radius 2 is 1.58 bits per heavy atom. The van der Waals surface area contributed by atoms with E-state index in [2.05, 4.69) is 43.7 Å². The lowest BCUT2D eigenvalue weighted by atomic mass is 10.1. The molecule has 12 heteroatoms. The Morgan fingerprint density at radius 1 is 0.974 bits per heavy atom. The first kappa shape index (κ1) is 27.0. The van der Waals surface area contributed by atoms with Gasteiger partial charge in [-0.2, -0.15) is 4.72 Å². The van der Waals surface area contributed by atoms with Gasteiger partial charge in [0.15, 0.2) is 0 Å². The number of aliphatic carboxylic acids is 1. The summed E-state index contributed by atoms with van der Waals surface area (Å²) in [6.07, 6.45) is 3.46. The van der Waals surface area contributed by atoms with Gasteiger partial charge in [-0.05, 0) is 56.3 Å². The molecule has 0 unspecified atom stereocenters. The molecule has 0 saturated carbocycles. The second-order valence-corrected chi connectivity index (χ2v) is 10.9. The second-order valence-electron chi connectivity index (χ2n) is 9.14. The molecule has 4 rings (SSSR count). The number of carboxylic acids is 1. The van der Waals surface area contributed by atoms with Gasteiger partial charge >= 0.3 is 5.97 Å². The molecule has 1 aliphatic rings. The Kier molecular flexibility index (Phi) is 8.23. The fourth-order valence-corrected chi connectivity index (χ4v) is 5.72. The van der Waals surface area contributed by atoms with Gasteiger partial charge in [0.1, 0.15) is 6.04 Å². The van der Waals surface area contributed by atoms with E-state index < -0.39 is 34.5 Å². The van der Waals surface area contributed by atoms with E-state index in [-0.39, 0.29) is 17.0 Å². The fourth-order valence-electron chi connectivity index (χ4n) is 4.51. The quantitative estimate of drug-likeness (QED) is 0.371. The van der Waals surface area contributed by atoms with Crippen LogP contribution in [0.15, 0.2) is 78.0 Å². The highest BCUT2D eigenvalue weighted by Crippen LogP contribution is 2.25. The van der Waals surface area contributed by atoms with Crippen LogP contribution < -0.4 is 19.8 Å². The zero-order valence-corrected chi connectivity index (χ0v) is 21.9. The summed E-state index contributed by atoms with van der Waals surface area (Å²) in [7, 11) is -4.06. The third kappa shape index (κ3) is 6.26. The standard InChI is InChI=1S/C26H30N6O5S/c1-18-16-31(17-19(2)32(18)26-27-13-6-14-28-26)21-11-9-20(10-12-21)24(33)29-15-23(25(34)35)30-38(36,37)22-7-4-3-5-8-22/h3-14,18-19,23,30H,15-17H2,1-2H3,(H,29,33)(H,34,35)/t18-,19+,23-/m0/s1. The van der Waals surface area contributed by atoms with Crippen LogP contribution >= 0.6 is 0 Å². The number of anilines is 2. The molecule has 200 valence electrons. The lowest BCUT2D eigenvalue weighted by molar-refractivity contribution is -0.138. The smallest absolute Gasteiger partial charge is 0.323 e. The van der Waals surface area contributed by atoms with Crippen molar-refractivity contribution in [2.45, 2.75) is 36.9 Å². The van der Waals surface area contributed by atoms with Crippen LogP contribution in [0.5, 0.6) is 0 Å². The van der Waals surface area contributed by atoms with E-state index in [1.165, 1.54) is 24.3 Å². The number of carbonyl (C=O) groups excluding carboxylic acids is 1. The zero-order chi connectivity index (χ0) is 27.3. The van der Waals surface area contributed by atoms with E-state index >= 15 is 0 Å². The number of piperazine rings is 1. The molecule has 1 aromatic heterocycles. The van der Waals surface area contributed by atoms with Crippen molar-refractivity contribution in [3.63, 3.8) is 0 Å². The van der Waals surface area contributed by atoms with Gasteiger partial charge in [0, 0.05) is 55.4 Å². The largest absolute Gasteiger partial charge is 0.480 e. The number of rotatable bonds is 9. The summed E-state index contributed by atoms with van der Waals surface area (Å²) in [5.41, 5.74) is 1.29.